The highest BCUT2D eigenvalue weighted by Crippen LogP contribution is 2.24. The number of halogens is 2. The number of aromatic nitrogens is 2. The van der Waals surface area contributed by atoms with E-state index in [2.05, 4.69) is 15.3 Å². The van der Waals surface area contributed by atoms with E-state index in [0.29, 0.717) is 50.1 Å². The summed E-state index contributed by atoms with van der Waals surface area (Å²) >= 11 is 6.52. The van der Waals surface area contributed by atoms with Crippen LogP contribution in [0.4, 0.5) is 4.39 Å². The minimum absolute atomic E-state index is 0.198. The molecule has 0 aliphatic carbocycles. The van der Waals surface area contributed by atoms with Crippen molar-refractivity contribution in [1.29, 1.82) is 0 Å². The zero-order valence-electron chi connectivity index (χ0n) is 17.7. The van der Waals surface area contributed by atoms with Crippen LogP contribution in [0, 0.1) is 18.7 Å². The van der Waals surface area contributed by atoms with Crippen molar-refractivity contribution in [3.05, 3.63) is 52.1 Å². The maximum absolute atomic E-state index is 13.2. The summed E-state index contributed by atoms with van der Waals surface area (Å²) in [6.07, 6.45) is 0.993. The number of hydrogen-bond acceptors (Lipinski definition) is 5. The van der Waals surface area contributed by atoms with Gasteiger partial charge in [0.05, 0.1) is 37.6 Å². The fourth-order valence-corrected chi connectivity index (χ4v) is 4.64. The van der Waals surface area contributed by atoms with Crippen molar-refractivity contribution in [2.24, 2.45) is 5.92 Å². The molecule has 0 saturated carbocycles. The van der Waals surface area contributed by atoms with Crippen LogP contribution in [0.25, 0.3) is 0 Å². The third kappa shape index (κ3) is 5.26. The molecular formula is C22H28ClFN4O3. The first-order valence-electron chi connectivity index (χ1n) is 10.7. The van der Waals surface area contributed by atoms with E-state index in [0.717, 1.165) is 31.7 Å². The molecule has 4 rings (SSSR count). The van der Waals surface area contributed by atoms with E-state index >= 15 is 0 Å². The Morgan fingerprint density at radius 2 is 2.00 bits per heavy atom. The quantitative estimate of drug-likeness (QED) is 0.702. The van der Waals surface area contributed by atoms with Gasteiger partial charge in [0, 0.05) is 38.2 Å². The number of nitrogens with zero attached hydrogens (tertiary/aromatic N) is 3. The minimum atomic E-state index is -0.297. The first-order valence-corrected chi connectivity index (χ1v) is 11.1. The summed E-state index contributed by atoms with van der Waals surface area (Å²) in [5, 5.41) is 7.79. The Kier molecular flexibility index (Phi) is 7.22. The number of morpholine rings is 1. The van der Waals surface area contributed by atoms with Crippen molar-refractivity contribution in [2.45, 2.75) is 25.9 Å². The smallest absolute Gasteiger partial charge is 0.256 e. The van der Waals surface area contributed by atoms with Gasteiger partial charge in [-0.25, -0.2) is 9.07 Å². The summed E-state index contributed by atoms with van der Waals surface area (Å²) in [7, 11) is 0. The maximum atomic E-state index is 13.2. The van der Waals surface area contributed by atoms with Gasteiger partial charge in [-0.1, -0.05) is 23.7 Å². The van der Waals surface area contributed by atoms with Crippen LogP contribution in [-0.2, 0) is 16.0 Å². The number of nitrogens with one attached hydrogen (secondary N) is 1. The SMILES string of the molecule is Cc1nn(Cc2ccc(F)cc2)c(Cl)c1C(=O)NCC(C1CCOC1)N1CCOCC1. The number of rotatable bonds is 7. The van der Waals surface area contributed by atoms with Gasteiger partial charge in [-0.15, -0.1) is 0 Å². The zero-order valence-corrected chi connectivity index (χ0v) is 18.4. The Bertz CT molecular complexity index is 893. The number of benzene rings is 1. The monoisotopic (exact) mass is 450 g/mol. The van der Waals surface area contributed by atoms with Crippen molar-refractivity contribution >= 4 is 17.5 Å². The van der Waals surface area contributed by atoms with E-state index in [9.17, 15) is 9.18 Å². The highest BCUT2D eigenvalue weighted by atomic mass is 35.5. The number of ether oxygens (including phenoxy) is 2. The second-order valence-electron chi connectivity index (χ2n) is 8.08. The lowest BCUT2D eigenvalue weighted by Crippen LogP contribution is -2.52. The third-order valence-electron chi connectivity index (χ3n) is 6.03. The van der Waals surface area contributed by atoms with Gasteiger partial charge >= 0.3 is 0 Å². The molecule has 1 aromatic heterocycles. The van der Waals surface area contributed by atoms with Crippen LogP contribution < -0.4 is 5.32 Å². The highest BCUT2D eigenvalue weighted by molar-refractivity contribution is 6.33. The maximum Gasteiger partial charge on any atom is 0.256 e. The van der Waals surface area contributed by atoms with Crippen LogP contribution in [0.3, 0.4) is 0 Å². The van der Waals surface area contributed by atoms with Crippen molar-refractivity contribution in [1.82, 2.24) is 20.0 Å². The van der Waals surface area contributed by atoms with Crippen LogP contribution in [-0.4, -0.2) is 72.7 Å². The predicted octanol–water partition coefficient (Wildman–Crippen LogP) is 2.50. The fourth-order valence-electron chi connectivity index (χ4n) is 4.32. The van der Waals surface area contributed by atoms with Crippen LogP contribution in [0.2, 0.25) is 5.15 Å². The van der Waals surface area contributed by atoms with Gasteiger partial charge in [0.1, 0.15) is 11.0 Å². The second-order valence-corrected chi connectivity index (χ2v) is 8.44. The van der Waals surface area contributed by atoms with E-state index < -0.39 is 0 Å². The molecule has 2 aliphatic rings. The summed E-state index contributed by atoms with van der Waals surface area (Å²) in [4.78, 5) is 15.4. The lowest BCUT2D eigenvalue weighted by molar-refractivity contribution is 0.00166. The molecule has 9 heteroatoms. The number of aryl methyl sites for hydroxylation is 1. The largest absolute Gasteiger partial charge is 0.381 e. The average molecular weight is 451 g/mol. The summed E-state index contributed by atoms with van der Waals surface area (Å²) in [6, 6.07) is 6.35. The lowest BCUT2D eigenvalue weighted by Gasteiger charge is -2.37. The van der Waals surface area contributed by atoms with Crippen LogP contribution >= 0.6 is 11.6 Å². The van der Waals surface area contributed by atoms with Crippen LogP contribution in [0.5, 0.6) is 0 Å². The Labute approximate surface area is 186 Å². The highest BCUT2D eigenvalue weighted by Gasteiger charge is 2.32. The minimum Gasteiger partial charge on any atom is -0.381 e. The summed E-state index contributed by atoms with van der Waals surface area (Å²) in [6.45, 7) is 7.26. The Morgan fingerprint density at radius 1 is 1.26 bits per heavy atom. The molecule has 1 amide bonds. The number of carbonyl (C=O) groups excluding carboxylic acids is 1. The van der Waals surface area contributed by atoms with Crippen molar-refractivity contribution in [2.75, 3.05) is 46.1 Å². The van der Waals surface area contributed by atoms with Crippen LogP contribution in [0.1, 0.15) is 28.0 Å². The Morgan fingerprint density at radius 3 is 2.68 bits per heavy atom. The summed E-state index contributed by atoms with van der Waals surface area (Å²) < 4.78 is 25.8. The van der Waals surface area contributed by atoms with Gasteiger partial charge in [0.25, 0.3) is 5.91 Å². The normalized spacial score (nSPS) is 20.7. The number of carbonyl (C=O) groups is 1. The van der Waals surface area contributed by atoms with E-state index in [1.165, 1.54) is 12.1 Å². The molecule has 2 saturated heterocycles. The molecule has 0 spiro atoms. The first kappa shape index (κ1) is 22.2. The van der Waals surface area contributed by atoms with Gasteiger partial charge in [0.15, 0.2) is 0 Å². The molecule has 2 atom stereocenters. The summed E-state index contributed by atoms with van der Waals surface area (Å²) in [5.41, 5.74) is 1.80. The van der Waals surface area contributed by atoms with Gasteiger partial charge < -0.3 is 14.8 Å². The molecule has 2 unspecified atom stereocenters. The van der Waals surface area contributed by atoms with Gasteiger partial charge in [-0.3, -0.25) is 9.69 Å². The van der Waals surface area contributed by atoms with E-state index in [4.69, 9.17) is 21.1 Å². The third-order valence-corrected chi connectivity index (χ3v) is 6.42. The molecule has 2 aliphatic heterocycles. The van der Waals surface area contributed by atoms with Crippen molar-refractivity contribution in [3.63, 3.8) is 0 Å². The molecule has 1 aromatic carbocycles. The fraction of sp³-hybridized carbons (Fsp3) is 0.545. The van der Waals surface area contributed by atoms with E-state index in [1.54, 1.807) is 23.7 Å². The molecule has 7 nitrogen and oxygen atoms in total. The average Bonchev–Trinajstić information content (AvgIpc) is 3.39. The number of amides is 1. The molecule has 1 N–H and O–H groups in total. The van der Waals surface area contributed by atoms with Crippen molar-refractivity contribution < 1.29 is 18.7 Å². The molecule has 2 aromatic rings. The van der Waals surface area contributed by atoms with Crippen LogP contribution in [0.15, 0.2) is 24.3 Å². The molecule has 0 bridgehead atoms. The van der Waals surface area contributed by atoms with Gasteiger partial charge in [-0.05, 0) is 31.0 Å². The standard InChI is InChI=1S/C22H28ClFN4O3/c1-15-20(21(23)28(26-15)13-16-2-4-18(24)5-3-16)22(29)25-12-19(17-6-9-31-14-17)27-7-10-30-11-8-27/h2-5,17,19H,6-14H2,1H3,(H,25,29). The summed E-state index contributed by atoms with van der Waals surface area (Å²) in [5.74, 6) is -0.143. The molecule has 168 valence electrons. The van der Waals surface area contributed by atoms with E-state index in [-0.39, 0.29) is 22.9 Å². The molecule has 3 heterocycles. The molecule has 31 heavy (non-hydrogen) atoms. The second kappa shape index (κ2) is 10.1. The molecule has 0 radical (unpaired) electrons. The molecular weight excluding hydrogens is 423 g/mol. The topological polar surface area (TPSA) is 68.6 Å². The first-order chi connectivity index (χ1) is 15.0. The van der Waals surface area contributed by atoms with E-state index in [1.807, 2.05) is 0 Å². The predicted molar refractivity (Wildman–Crippen MR) is 115 cm³/mol. The van der Waals surface area contributed by atoms with Gasteiger partial charge in [-0.2, -0.15) is 5.10 Å². The Balaban J connectivity index is 1.44. The van der Waals surface area contributed by atoms with Crippen molar-refractivity contribution in [3.8, 4) is 0 Å². The zero-order chi connectivity index (χ0) is 21.8. The van der Waals surface area contributed by atoms with Gasteiger partial charge in [0.2, 0.25) is 0 Å². The Hall–Kier alpha value is -2.00. The number of hydrogen-bond donors (Lipinski definition) is 1. The molecule has 2 fully saturated rings. The lowest BCUT2D eigenvalue weighted by atomic mass is 9.96.